The number of hydrogen-bond donors (Lipinski definition) is 3. The van der Waals surface area contributed by atoms with Crippen LogP contribution in [0.1, 0.15) is 22.3 Å². The summed E-state index contributed by atoms with van der Waals surface area (Å²) >= 11 is 0. The lowest BCUT2D eigenvalue weighted by atomic mass is 10.0. The Balaban J connectivity index is 1.43. The number of benzene rings is 3. The number of fused-ring (bicyclic) bond motifs is 1. The van der Waals surface area contributed by atoms with Crippen LogP contribution in [0.2, 0.25) is 0 Å². The molecule has 1 heterocycles. The third-order valence-corrected chi connectivity index (χ3v) is 5.42. The van der Waals surface area contributed by atoms with Gasteiger partial charge in [-0.25, -0.2) is 0 Å². The highest BCUT2D eigenvalue weighted by Crippen LogP contribution is 2.21. The van der Waals surface area contributed by atoms with Gasteiger partial charge in [0.1, 0.15) is 18.4 Å². The van der Waals surface area contributed by atoms with Crippen LogP contribution in [0.3, 0.4) is 0 Å². The molecule has 0 aliphatic rings. The van der Waals surface area contributed by atoms with Crippen LogP contribution in [0.5, 0.6) is 5.75 Å². The van der Waals surface area contributed by atoms with E-state index in [1.165, 1.54) is 5.56 Å². The molecule has 0 aliphatic heterocycles. The van der Waals surface area contributed by atoms with Crippen LogP contribution in [-0.2, 0) is 24.4 Å². The number of aryl methyl sites for hydroxylation is 1. The van der Waals surface area contributed by atoms with E-state index in [0.29, 0.717) is 19.6 Å². The second kappa shape index (κ2) is 9.49. The van der Waals surface area contributed by atoms with Crippen molar-refractivity contribution in [3.05, 3.63) is 101 Å². The molecule has 1 aromatic heterocycles. The van der Waals surface area contributed by atoms with Crippen molar-refractivity contribution in [2.24, 2.45) is 0 Å². The topological polar surface area (TPSA) is 74.3 Å². The zero-order valence-corrected chi connectivity index (χ0v) is 17.5. The first kappa shape index (κ1) is 20.7. The smallest absolute Gasteiger partial charge is 0.321 e. The summed E-state index contributed by atoms with van der Waals surface area (Å²) in [4.78, 5) is 15.1. The molecule has 3 aromatic carbocycles. The third kappa shape index (κ3) is 5.13. The van der Waals surface area contributed by atoms with E-state index < -0.39 is 12.0 Å². The monoisotopic (exact) mass is 414 g/mol. The van der Waals surface area contributed by atoms with Gasteiger partial charge < -0.3 is 14.8 Å². The molecule has 0 bridgehead atoms. The molecule has 0 unspecified atom stereocenters. The molecule has 4 aromatic rings. The number of aromatic nitrogens is 1. The Bertz CT molecular complexity index is 1160. The maximum atomic E-state index is 11.9. The predicted octanol–water partition coefficient (Wildman–Crippen LogP) is 4.84. The van der Waals surface area contributed by atoms with Crippen LogP contribution >= 0.6 is 0 Å². The predicted molar refractivity (Wildman–Crippen MR) is 122 cm³/mol. The van der Waals surface area contributed by atoms with Crippen molar-refractivity contribution < 1.29 is 14.6 Å². The molecule has 5 nitrogen and oxygen atoms in total. The van der Waals surface area contributed by atoms with Gasteiger partial charge >= 0.3 is 5.97 Å². The number of carboxylic acid groups (broad SMARTS) is 1. The molecular weight excluding hydrogens is 388 g/mol. The fourth-order valence-electron chi connectivity index (χ4n) is 3.64. The molecule has 31 heavy (non-hydrogen) atoms. The summed E-state index contributed by atoms with van der Waals surface area (Å²) in [5.41, 5.74) is 5.23. The van der Waals surface area contributed by atoms with Gasteiger partial charge in [-0.1, -0.05) is 66.2 Å². The SMILES string of the molecule is Cc1ccc(COc2ccccc2CN[C@@H](Cc2c[nH]c3ccccc23)C(=O)O)cc1. The Morgan fingerprint density at radius 2 is 1.74 bits per heavy atom. The summed E-state index contributed by atoms with van der Waals surface area (Å²) in [7, 11) is 0. The first-order valence-corrected chi connectivity index (χ1v) is 10.4. The molecule has 158 valence electrons. The number of aromatic amines is 1. The minimum Gasteiger partial charge on any atom is -0.489 e. The number of carboxylic acids is 1. The van der Waals surface area contributed by atoms with E-state index >= 15 is 0 Å². The summed E-state index contributed by atoms with van der Waals surface area (Å²) in [5, 5.41) is 14.0. The molecular formula is C26H26N2O3. The van der Waals surface area contributed by atoms with E-state index in [1.54, 1.807) is 0 Å². The van der Waals surface area contributed by atoms with Crippen LogP contribution < -0.4 is 10.1 Å². The first-order chi connectivity index (χ1) is 15.1. The van der Waals surface area contributed by atoms with Gasteiger partial charge in [0.25, 0.3) is 0 Å². The Morgan fingerprint density at radius 1 is 1.00 bits per heavy atom. The highest BCUT2D eigenvalue weighted by atomic mass is 16.5. The summed E-state index contributed by atoms with van der Waals surface area (Å²) < 4.78 is 6.03. The lowest BCUT2D eigenvalue weighted by Gasteiger charge is -2.16. The standard InChI is InChI=1S/C26H26N2O3/c1-18-10-12-19(13-11-18)17-31-25-9-5-2-6-20(25)15-28-24(26(29)30)14-21-16-27-23-8-4-3-7-22(21)23/h2-13,16,24,27-28H,14-15,17H2,1H3,(H,29,30)/t24-/m0/s1. The third-order valence-electron chi connectivity index (χ3n) is 5.42. The van der Waals surface area contributed by atoms with Crippen molar-refractivity contribution in [1.82, 2.24) is 10.3 Å². The number of aliphatic carboxylic acids is 1. The van der Waals surface area contributed by atoms with Crippen LogP contribution in [0.15, 0.2) is 79.0 Å². The van der Waals surface area contributed by atoms with E-state index in [0.717, 1.165) is 33.3 Å². The number of nitrogens with one attached hydrogen (secondary N) is 2. The molecule has 0 spiro atoms. The van der Waals surface area contributed by atoms with Crippen LogP contribution in [0, 0.1) is 6.92 Å². The van der Waals surface area contributed by atoms with Crippen molar-refractivity contribution in [3.63, 3.8) is 0 Å². The Hall–Kier alpha value is -3.57. The maximum absolute atomic E-state index is 11.9. The molecule has 0 saturated heterocycles. The van der Waals surface area contributed by atoms with Crippen LogP contribution in [-0.4, -0.2) is 22.1 Å². The number of H-pyrrole nitrogens is 1. The quantitative estimate of drug-likeness (QED) is 0.366. The average Bonchev–Trinajstić information content (AvgIpc) is 3.19. The van der Waals surface area contributed by atoms with Gasteiger partial charge in [-0.15, -0.1) is 0 Å². The zero-order valence-electron chi connectivity index (χ0n) is 17.5. The summed E-state index contributed by atoms with van der Waals surface area (Å²) in [6.07, 6.45) is 2.28. The van der Waals surface area contributed by atoms with E-state index in [9.17, 15) is 9.90 Å². The Kier molecular flexibility index (Phi) is 6.34. The number of rotatable bonds is 9. The van der Waals surface area contributed by atoms with Gasteiger partial charge in [0, 0.05) is 35.6 Å². The van der Waals surface area contributed by atoms with Gasteiger partial charge in [-0.05, 0) is 30.2 Å². The van der Waals surface area contributed by atoms with Crippen molar-refractivity contribution in [1.29, 1.82) is 0 Å². The molecule has 0 fully saturated rings. The normalized spacial score (nSPS) is 12.0. The van der Waals surface area contributed by atoms with Crippen LogP contribution in [0.25, 0.3) is 10.9 Å². The van der Waals surface area contributed by atoms with Crippen molar-refractivity contribution in [2.75, 3.05) is 0 Å². The first-order valence-electron chi connectivity index (χ1n) is 10.4. The fourth-order valence-corrected chi connectivity index (χ4v) is 3.64. The number of carbonyl (C=O) groups is 1. The number of ether oxygens (including phenoxy) is 1. The maximum Gasteiger partial charge on any atom is 0.321 e. The largest absolute Gasteiger partial charge is 0.489 e. The molecule has 4 rings (SSSR count). The molecule has 0 radical (unpaired) electrons. The van der Waals surface area contributed by atoms with E-state index in [2.05, 4.69) is 41.5 Å². The zero-order chi connectivity index (χ0) is 21.6. The molecule has 1 atom stereocenters. The Labute approximate surface area is 181 Å². The lowest BCUT2D eigenvalue weighted by molar-refractivity contribution is -0.139. The van der Waals surface area contributed by atoms with E-state index in [1.807, 2.05) is 54.7 Å². The van der Waals surface area contributed by atoms with Crippen molar-refractivity contribution in [3.8, 4) is 5.75 Å². The van der Waals surface area contributed by atoms with Crippen molar-refractivity contribution in [2.45, 2.75) is 32.5 Å². The van der Waals surface area contributed by atoms with E-state index in [4.69, 9.17) is 4.74 Å². The summed E-state index contributed by atoms with van der Waals surface area (Å²) in [5.74, 6) is -0.116. The number of hydrogen-bond acceptors (Lipinski definition) is 3. The van der Waals surface area contributed by atoms with E-state index in [-0.39, 0.29) is 0 Å². The molecule has 3 N–H and O–H groups in total. The summed E-state index contributed by atoms with van der Waals surface area (Å²) in [6, 6.07) is 23.2. The second-order valence-electron chi connectivity index (χ2n) is 7.72. The molecule has 0 amide bonds. The minimum absolute atomic E-state index is 0.395. The van der Waals surface area contributed by atoms with Crippen molar-refractivity contribution >= 4 is 16.9 Å². The van der Waals surface area contributed by atoms with Gasteiger partial charge in [0.15, 0.2) is 0 Å². The highest BCUT2D eigenvalue weighted by Gasteiger charge is 2.20. The van der Waals surface area contributed by atoms with Crippen LogP contribution in [0.4, 0.5) is 0 Å². The minimum atomic E-state index is -0.872. The van der Waals surface area contributed by atoms with Gasteiger partial charge in [0.05, 0.1) is 0 Å². The summed E-state index contributed by atoms with van der Waals surface area (Å²) in [6.45, 7) is 2.93. The average molecular weight is 415 g/mol. The van der Waals surface area contributed by atoms with Gasteiger partial charge in [0.2, 0.25) is 0 Å². The fraction of sp³-hybridized carbons (Fsp3) is 0.192. The lowest BCUT2D eigenvalue weighted by Crippen LogP contribution is -2.38. The molecule has 5 heteroatoms. The number of para-hydroxylation sites is 2. The second-order valence-corrected chi connectivity index (χ2v) is 7.72. The van der Waals surface area contributed by atoms with Gasteiger partial charge in [-0.2, -0.15) is 0 Å². The van der Waals surface area contributed by atoms with Gasteiger partial charge in [-0.3, -0.25) is 10.1 Å². The highest BCUT2D eigenvalue weighted by molar-refractivity contribution is 5.84. The Morgan fingerprint density at radius 3 is 2.55 bits per heavy atom. The molecule has 0 aliphatic carbocycles. The molecule has 0 saturated carbocycles.